The standard InChI is InChI=1S/C23H24N4O2/c28-22(20-18-10-4-5-15-27(18)21(24-20)17-11-12-17)25-19(16-8-2-1-3-9-16)23(29)26-13-6-7-14-26/h1-5,8-10,15,17,19H,6-7,11-14H2,(H,25,28). The SMILES string of the molecule is O=C(NC(C(=O)N1CCCC1)c1ccccc1)c1nc(C2CC2)n2ccccc12. The van der Waals surface area contributed by atoms with Crippen LogP contribution in [0.3, 0.4) is 0 Å². The molecule has 1 aliphatic heterocycles. The van der Waals surface area contributed by atoms with Crippen LogP contribution in [-0.2, 0) is 4.79 Å². The summed E-state index contributed by atoms with van der Waals surface area (Å²) < 4.78 is 2.01. The minimum atomic E-state index is -0.702. The summed E-state index contributed by atoms with van der Waals surface area (Å²) in [6.07, 6.45) is 6.19. The van der Waals surface area contributed by atoms with Crippen molar-refractivity contribution >= 4 is 17.3 Å². The molecule has 2 amide bonds. The zero-order valence-corrected chi connectivity index (χ0v) is 16.3. The van der Waals surface area contributed by atoms with Gasteiger partial charge in [0.15, 0.2) is 5.69 Å². The molecule has 6 heteroatoms. The Hall–Kier alpha value is -3.15. The number of aromatic nitrogens is 2. The lowest BCUT2D eigenvalue weighted by molar-refractivity contribution is -0.132. The summed E-state index contributed by atoms with van der Waals surface area (Å²) in [5.41, 5.74) is 1.97. The molecule has 29 heavy (non-hydrogen) atoms. The molecule has 148 valence electrons. The van der Waals surface area contributed by atoms with Crippen molar-refractivity contribution in [3.8, 4) is 0 Å². The lowest BCUT2D eigenvalue weighted by Gasteiger charge is -2.24. The van der Waals surface area contributed by atoms with Crippen molar-refractivity contribution in [3.63, 3.8) is 0 Å². The second kappa shape index (κ2) is 7.35. The Kier molecular flexibility index (Phi) is 4.54. The Balaban J connectivity index is 1.48. The summed E-state index contributed by atoms with van der Waals surface area (Å²) in [4.78, 5) is 33.0. The average Bonchev–Trinajstić information content (AvgIpc) is 3.31. The number of likely N-dealkylation sites (tertiary alicyclic amines) is 1. The topological polar surface area (TPSA) is 66.7 Å². The number of fused-ring (bicyclic) bond motifs is 1. The van der Waals surface area contributed by atoms with Gasteiger partial charge >= 0.3 is 0 Å². The molecule has 0 spiro atoms. The van der Waals surface area contributed by atoms with Crippen LogP contribution in [0.4, 0.5) is 0 Å². The molecule has 5 rings (SSSR count). The minimum Gasteiger partial charge on any atom is -0.341 e. The molecule has 1 unspecified atom stereocenters. The number of amides is 2. The zero-order valence-electron chi connectivity index (χ0n) is 16.3. The predicted molar refractivity (Wildman–Crippen MR) is 110 cm³/mol. The van der Waals surface area contributed by atoms with Crippen LogP contribution >= 0.6 is 0 Å². The molecule has 0 radical (unpaired) electrons. The van der Waals surface area contributed by atoms with Crippen molar-refractivity contribution in [1.29, 1.82) is 0 Å². The Labute approximate surface area is 169 Å². The van der Waals surface area contributed by atoms with Gasteiger partial charge in [-0.1, -0.05) is 36.4 Å². The van der Waals surface area contributed by atoms with E-state index in [0.29, 0.717) is 11.6 Å². The third kappa shape index (κ3) is 3.39. The summed E-state index contributed by atoms with van der Waals surface area (Å²) in [5, 5.41) is 2.99. The van der Waals surface area contributed by atoms with Crippen LogP contribution in [0.5, 0.6) is 0 Å². The first-order chi connectivity index (χ1) is 14.2. The molecule has 0 bridgehead atoms. The van der Waals surface area contributed by atoms with Gasteiger partial charge in [-0.2, -0.15) is 0 Å². The fourth-order valence-electron chi connectivity index (χ4n) is 4.11. The van der Waals surface area contributed by atoms with Crippen LogP contribution in [0.1, 0.15) is 59.5 Å². The van der Waals surface area contributed by atoms with E-state index in [0.717, 1.165) is 55.7 Å². The van der Waals surface area contributed by atoms with Crippen LogP contribution in [-0.4, -0.2) is 39.2 Å². The van der Waals surface area contributed by atoms with Crippen LogP contribution < -0.4 is 5.32 Å². The monoisotopic (exact) mass is 388 g/mol. The third-order valence-electron chi connectivity index (χ3n) is 5.81. The van der Waals surface area contributed by atoms with Crippen LogP contribution in [0.15, 0.2) is 54.7 Å². The van der Waals surface area contributed by atoms with Gasteiger partial charge in [-0.05, 0) is 43.4 Å². The second-order valence-corrected chi connectivity index (χ2v) is 7.90. The number of pyridine rings is 1. The van der Waals surface area contributed by atoms with E-state index in [1.807, 2.05) is 64.0 Å². The quantitative estimate of drug-likeness (QED) is 0.729. The van der Waals surface area contributed by atoms with Crippen molar-refractivity contribution in [2.24, 2.45) is 0 Å². The lowest BCUT2D eigenvalue weighted by atomic mass is 10.1. The van der Waals surface area contributed by atoms with E-state index in [-0.39, 0.29) is 11.8 Å². The highest BCUT2D eigenvalue weighted by Crippen LogP contribution is 2.40. The van der Waals surface area contributed by atoms with Gasteiger partial charge in [0.25, 0.3) is 5.91 Å². The molecule has 1 saturated carbocycles. The van der Waals surface area contributed by atoms with Gasteiger partial charge in [0.1, 0.15) is 11.9 Å². The largest absolute Gasteiger partial charge is 0.341 e. The van der Waals surface area contributed by atoms with E-state index < -0.39 is 6.04 Å². The molecule has 1 aromatic carbocycles. The van der Waals surface area contributed by atoms with Gasteiger partial charge in [-0.25, -0.2) is 4.98 Å². The van der Waals surface area contributed by atoms with Gasteiger partial charge in [0.2, 0.25) is 5.91 Å². The normalized spacial score (nSPS) is 17.4. The van der Waals surface area contributed by atoms with E-state index in [2.05, 4.69) is 10.3 Å². The first-order valence-electron chi connectivity index (χ1n) is 10.3. The predicted octanol–water partition coefficient (Wildman–Crippen LogP) is 3.31. The first kappa shape index (κ1) is 17.9. The third-order valence-corrected chi connectivity index (χ3v) is 5.81. The molecule has 1 aliphatic carbocycles. The van der Waals surface area contributed by atoms with Gasteiger partial charge < -0.3 is 14.6 Å². The number of rotatable bonds is 5. The summed E-state index contributed by atoms with van der Waals surface area (Å²) in [5.74, 6) is 1.01. The highest BCUT2D eigenvalue weighted by Gasteiger charge is 2.33. The molecule has 2 aliphatic rings. The molecule has 1 saturated heterocycles. The Morgan fingerprint density at radius 2 is 1.72 bits per heavy atom. The fourth-order valence-corrected chi connectivity index (χ4v) is 4.11. The molecular formula is C23H24N4O2. The maximum Gasteiger partial charge on any atom is 0.273 e. The van der Waals surface area contributed by atoms with Crippen molar-refractivity contribution in [1.82, 2.24) is 19.6 Å². The number of hydrogen-bond donors (Lipinski definition) is 1. The van der Waals surface area contributed by atoms with E-state index in [4.69, 9.17) is 0 Å². The van der Waals surface area contributed by atoms with Gasteiger partial charge in [-0.3, -0.25) is 9.59 Å². The minimum absolute atomic E-state index is 0.0482. The van der Waals surface area contributed by atoms with E-state index in [1.165, 1.54) is 0 Å². The van der Waals surface area contributed by atoms with Crippen molar-refractivity contribution in [2.75, 3.05) is 13.1 Å². The van der Waals surface area contributed by atoms with Crippen molar-refractivity contribution in [2.45, 2.75) is 37.6 Å². The lowest BCUT2D eigenvalue weighted by Crippen LogP contribution is -2.42. The molecule has 2 fully saturated rings. The van der Waals surface area contributed by atoms with Gasteiger partial charge in [0.05, 0.1) is 5.52 Å². The Morgan fingerprint density at radius 1 is 1.00 bits per heavy atom. The molecule has 6 nitrogen and oxygen atoms in total. The van der Waals surface area contributed by atoms with E-state index in [1.54, 1.807) is 0 Å². The maximum atomic E-state index is 13.3. The highest BCUT2D eigenvalue weighted by molar-refractivity contribution is 6.01. The smallest absolute Gasteiger partial charge is 0.273 e. The van der Waals surface area contributed by atoms with Crippen molar-refractivity contribution in [3.05, 3.63) is 71.8 Å². The number of carbonyl (C=O) groups excluding carboxylic acids is 2. The van der Waals surface area contributed by atoms with Crippen LogP contribution in [0, 0.1) is 0 Å². The molecule has 1 N–H and O–H groups in total. The number of nitrogens with one attached hydrogen (secondary N) is 1. The second-order valence-electron chi connectivity index (χ2n) is 7.90. The number of nitrogens with zero attached hydrogens (tertiary/aromatic N) is 3. The number of carbonyl (C=O) groups is 2. The summed E-state index contributed by atoms with van der Waals surface area (Å²) in [7, 11) is 0. The Morgan fingerprint density at radius 3 is 2.45 bits per heavy atom. The summed E-state index contributed by atoms with van der Waals surface area (Å²) in [6, 6.07) is 14.5. The summed E-state index contributed by atoms with van der Waals surface area (Å²) in [6.45, 7) is 1.49. The fraction of sp³-hybridized carbons (Fsp3) is 0.348. The maximum absolute atomic E-state index is 13.3. The number of benzene rings is 1. The highest BCUT2D eigenvalue weighted by atomic mass is 16.2. The van der Waals surface area contributed by atoms with Crippen LogP contribution in [0.25, 0.3) is 5.52 Å². The van der Waals surface area contributed by atoms with Gasteiger partial charge in [-0.15, -0.1) is 0 Å². The first-order valence-corrected chi connectivity index (χ1v) is 10.3. The molecule has 3 heterocycles. The molecule has 1 atom stereocenters. The van der Waals surface area contributed by atoms with E-state index >= 15 is 0 Å². The van der Waals surface area contributed by atoms with E-state index in [9.17, 15) is 9.59 Å². The van der Waals surface area contributed by atoms with Crippen LogP contribution in [0.2, 0.25) is 0 Å². The number of imidazole rings is 1. The average molecular weight is 388 g/mol. The molecule has 2 aromatic heterocycles. The molecular weight excluding hydrogens is 364 g/mol. The zero-order chi connectivity index (χ0) is 19.8. The Bertz CT molecular complexity index is 1050. The van der Waals surface area contributed by atoms with Gasteiger partial charge in [0, 0.05) is 25.2 Å². The molecule has 3 aromatic rings. The summed E-state index contributed by atoms with van der Waals surface area (Å²) >= 11 is 0. The van der Waals surface area contributed by atoms with Crippen molar-refractivity contribution < 1.29 is 9.59 Å². The number of hydrogen-bond acceptors (Lipinski definition) is 3.